The van der Waals surface area contributed by atoms with E-state index < -0.39 is 23.6 Å². The molecule has 2 aromatic heterocycles. The lowest BCUT2D eigenvalue weighted by atomic mass is 9.92. The summed E-state index contributed by atoms with van der Waals surface area (Å²) in [5.74, 6) is -1.72. The molecule has 0 aliphatic rings. The average molecular weight is 503 g/mol. The van der Waals surface area contributed by atoms with Crippen molar-refractivity contribution >= 4 is 45.2 Å². The molecule has 0 atom stereocenters. The molecule has 0 saturated carbocycles. The number of aromatic amines is 1. The number of primary amides is 1. The number of alkyl halides is 3. The predicted molar refractivity (Wildman–Crippen MR) is 107 cm³/mol. The third-order valence-corrected chi connectivity index (χ3v) is 5.10. The molecule has 3 rings (SSSR count). The van der Waals surface area contributed by atoms with Crippen molar-refractivity contribution in [1.82, 2.24) is 15.2 Å². The van der Waals surface area contributed by atoms with Gasteiger partial charge in [0.1, 0.15) is 5.69 Å². The summed E-state index contributed by atoms with van der Waals surface area (Å²) in [5, 5.41) is 8.53. The van der Waals surface area contributed by atoms with E-state index in [1.54, 1.807) is 0 Å². The standard InChI is InChI=1S/C18H12BrClF3N5O2/c1-7-4-8(18(21,22)23)5-9(15(24)29)12(7)13-10(19)6-25-16(14(13)20)27-17(30)11-2-3-26-28-11/h2-6H,1H3,(H2,24,29)(H,26,28)(H,25,27,30). The molecule has 12 heteroatoms. The number of nitrogens with zero attached hydrogens (tertiary/aromatic N) is 2. The molecule has 1 aromatic carbocycles. The molecule has 3 aromatic rings. The summed E-state index contributed by atoms with van der Waals surface area (Å²) < 4.78 is 39.9. The molecule has 7 nitrogen and oxygen atoms in total. The summed E-state index contributed by atoms with van der Waals surface area (Å²) >= 11 is 9.67. The second-order valence-electron chi connectivity index (χ2n) is 6.15. The summed E-state index contributed by atoms with van der Waals surface area (Å²) in [6.07, 6.45) is -2.00. The number of nitrogens with two attached hydrogens (primary N) is 1. The summed E-state index contributed by atoms with van der Waals surface area (Å²) in [6.45, 7) is 1.39. The quantitative estimate of drug-likeness (QED) is 0.485. The Morgan fingerprint density at radius 2 is 1.97 bits per heavy atom. The van der Waals surface area contributed by atoms with Crippen molar-refractivity contribution in [2.45, 2.75) is 13.1 Å². The highest BCUT2D eigenvalue weighted by Gasteiger charge is 2.33. The third kappa shape index (κ3) is 4.17. The van der Waals surface area contributed by atoms with Crippen LogP contribution in [0.15, 0.2) is 35.1 Å². The number of carbonyl (C=O) groups is 2. The van der Waals surface area contributed by atoms with Crippen LogP contribution in [0.3, 0.4) is 0 Å². The molecule has 4 N–H and O–H groups in total. The highest BCUT2D eigenvalue weighted by atomic mass is 79.9. The van der Waals surface area contributed by atoms with E-state index in [0.29, 0.717) is 6.07 Å². The summed E-state index contributed by atoms with van der Waals surface area (Å²) in [4.78, 5) is 28.3. The van der Waals surface area contributed by atoms with E-state index >= 15 is 0 Å². The number of benzene rings is 1. The maximum atomic E-state index is 13.2. The fourth-order valence-corrected chi connectivity index (χ4v) is 3.72. The van der Waals surface area contributed by atoms with Crippen LogP contribution in [0, 0.1) is 6.92 Å². The van der Waals surface area contributed by atoms with Gasteiger partial charge in [-0.1, -0.05) is 11.6 Å². The van der Waals surface area contributed by atoms with Crippen LogP contribution in [0.4, 0.5) is 19.0 Å². The smallest absolute Gasteiger partial charge is 0.366 e. The zero-order valence-corrected chi connectivity index (χ0v) is 17.4. The van der Waals surface area contributed by atoms with E-state index in [1.807, 2.05) is 0 Å². The van der Waals surface area contributed by atoms with Crippen molar-refractivity contribution in [2.24, 2.45) is 5.73 Å². The molecule has 0 fully saturated rings. The lowest BCUT2D eigenvalue weighted by molar-refractivity contribution is -0.137. The number of amides is 2. The molecule has 0 saturated heterocycles. The van der Waals surface area contributed by atoms with Gasteiger partial charge in [-0.2, -0.15) is 18.3 Å². The maximum Gasteiger partial charge on any atom is 0.416 e. The lowest BCUT2D eigenvalue weighted by Gasteiger charge is -2.18. The highest BCUT2D eigenvalue weighted by molar-refractivity contribution is 9.10. The summed E-state index contributed by atoms with van der Waals surface area (Å²) in [6, 6.07) is 2.97. The first-order valence-corrected chi connectivity index (χ1v) is 9.34. The van der Waals surface area contributed by atoms with E-state index in [-0.39, 0.29) is 43.3 Å². The Labute approximate surface area is 181 Å². The number of carbonyl (C=O) groups excluding carboxylic acids is 2. The van der Waals surface area contributed by atoms with Crippen molar-refractivity contribution < 1.29 is 22.8 Å². The molecule has 0 unspecified atom stereocenters. The highest BCUT2D eigenvalue weighted by Crippen LogP contribution is 2.43. The van der Waals surface area contributed by atoms with Crippen LogP contribution in [-0.4, -0.2) is 27.0 Å². The van der Waals surface area contributed by atoms with Gasteiger partial charge in [-0.25, -0.2) is 4.98 Å². The van der Waals surface area contributed by atoms with Crippen molar-refractivity contribution in [1.29, 1.82) is 0 Å². The molecule has 0 aliphatic carbocycles. The van der Waals surface area contributed by atoms with Crippen LogP contribution < -0.4 is 11.1 Å². The number of aromatic nitrogens is 3. The van der Waals surface area contributed by atoms with Gasteiger partial charge in [0.2, 0.25) is 5.91 Å². The SMILES string of the molecule is Cc1cc(C(F)(F)F)cc(C(N)=O)c1-c1c(Br)cnc(NC(=O)c2ccn[nH]2)c1Cl. The monoisotopic (exact) mass is 501 g/mol. The number of rotatable bonds is 4. The van der Waals surface area contributed by atoms with Gasteiger partial charge in [0, 0.05) is 33.6 Å². The molecule has 30 heavy (non-hydrogen) atoms. The van der Waals surface area contributed by atoms with Gasteiger partial charge in [-0.15, -0.1) is 0 Å². The maximum absolute atomic E-state index is 13.2. The molecule has 2 heterocycles. The molecule has 0 bridgehead atoms. The zero-order chi connectivity index (χ0) is 22.2. The predicted octanol–water partition coefficient (Wildman–Crippen LogP) is 4.57. The van der Waals surface area contributed by atoms with Crippen LogP contribution in [0.25, 0.3) is 11.1 Å². The number of hydrogen-bond acceptors (Lipinski definition) is 4. The Morgan fingerprint density at radius 1 is 1.27 bits per heavy atom. The van der Waals surface area contributed by atoms with Crippen molar-refractivity contribution in [3.8, 4) is 11.1 Å². The van der Waals surface area contributed by atoms with Gasteiger partial charge in [-0.05, 0) is 46.6 Å². The van der Waals surface area contributed by atoms with E-state index in [1.165, 1.54) is 25.4 Å². The number of aryl methyl sites for hydroxylation is 1. The third-order valence-electron chi connectivity index (χ3n) is 4.13. The van der Waals surface area contributed by atoms with Gasteiger partial charge in [-0.3, -0.25) is 14.7 Å². The zero-order valence-electron chi connectivity index (χ0n) is 15.1. The minimum absolute atomic E-state index is 0.0656. The molecular formula is C18H12BrClF3N5O2. The molecule has 2 amide bonds. The molecule has 0 spiro atoms. The largest absolute Gasteiger partial charge is 0.416 e. The van der Waals surface area contributed by atoms with Crippen LogP contribution in [0.1, 0.15) is 32.0 Å². The van der Waals surface area contributed by atoms with Gasteiger partial charge >= 0.3 is 6.18 Å². The van der Waals surface area contributed by atoms with Gasteiger partial charge in [0.25, 0.3) is 5.91 Å². The lowest BCUT2D eigenvalue weighted by Crippen LogP contribution is -2.17. The summed E-state index contributed by atoms with van der Waals surface area (Å²) in [7, 11) is 0. The fourth-order valence-electron chi connectivity index (χ4n) is 2.82. The van der Waals surface area contributed by atoms with E-state index in [4.69, 9.17) is 17.3 Å². The Bertz CT molecular complexity index is 1150. The van der Waals surface area contributed by atoms with Crippen LogP contribution >= 0.6 is 27.5 Å². The van der Waals surface area contributed by atoms with Crippen LogP contribution in [0.2, 0.25) is 5.02 Å². The Hall–Kier alpha value is -2.92. The second kappa shape index (κ2) is 8.07. The van der Waals surface area contributed by atoms with Crippen molar-refractivity contribution in [3.63, 3.8) is 0 Å². The Morgan fingerprint density at radius 3 is 2.53 bits per heavy atom. The van der Waals surface area contributed by atoms with Crippen molar-refractivity contribution in [2.75, 3.05) is 5.32 Å². The number of halogens is 5. The van der Waals surface area contributed by atoms with Gasteiger partial charge in [0.15, 0.2) is 5.82 Å². The minimum atomic E-state index is -4.67. The number of anilines is 1. The average Bonchev–Trinajstić information content (AvgIpc) is 3.18. The van der Waals surface area contributed by atoms with E-state index in [9.17, 15) is 22.8 Å². The molecule has 156 valence electrons. The summed E-state index contributed by atoms with van der Waals surface area (Å²) in [5.41, 5.74) is 4.46. The number of nitrogens with one attached hydrogen (secondary N) is 2. The van der Waals surface area contributed by atoms with E-state index in [2.05, 4.69) is 36.4 Å². The number of pyridine rings is 1. The fraction of sp³-hybridized carbons (Fsp3) is 0.111. The van der Waals surface area contributed by atoms with Gasteiger partial charge < -0.3 is 11.1 Å². The molecule has 0 radical (unpaired) electrons. The normalized spacial score (nSPS) is 11.4. The van der Waals surface area contributed by atoms with Gasteiger partial charge in [0.05, 0.1) is 10.6 Å². The van der Waals surface area contributed by atoms with Crippen LogP contribution in [0.5, 0.6) is 0 Å². The number of hydrogen-bond donors (Lipinski definition) is 3. The van der Waals surface area contributed by atoms with Crippen LogP contribution in [-0.2, 0) is 6.18 Å². The van der Waals surface area contributed by atoms with E-state index in [0.717, 1.165) is 6.07 Å². The second-order valence-corrected chi connectivity index (χ2v) is 7.38. The number of H-pyrrole nitrogens is 1. The first-order valence-electron chi connectivity index (χ1n) is 8.17. The first kappa shape index (κ1) is 21.8. The Kier molecular flexibility index (Phi) is 5.86. The molecule has 0 aliphatic heterocycles. The minimum Gasteiger partial charge on any atom is -0.366 e. The Balaban J connectivity index is 2.18. The van der Waals surface area contributed by atoms with Crippen molar-refractivity contribution in [3.05, 3.63) is 62.5 Å². The molecular weight excluding hydrogens is 491 g/mol. The first-order chi connectivity index (χ1) is 14.0. The topological polar surface area (TPSA) is 114 Å².